The number of methoxy groups -OCH3 is 2. The molecule has 0 aromatic heterocycles. The summed E-state index contributed by atoms with van der Waals surface area (Å²) in [5.41, 5.74) is 1.29. The average molecular weight is 884 g/mol. The molecule has 3 aliphatic heterocycles. The molecule has 1 amide bonds. The maximum absolute atomic E-state index is 14.3. The van der Waals surface area contributed by atoms with Gasteiger partial charge in [-0.05, 0) is 113 Å². The lowest BCUT2D eigenvalue weighted by molar-refractivity contribution is -0.265. The van der Waals surface area contributed by atoms with Crippen molar-refractivity contribution in [3.8, 4) is 0 Å². The van der Waals surface area contributed by atoms with E-state index in [2.05, 4.69) is 0 Å². The lowest BCUT2D eigenvalue weighted by atomic mass is 9.79. The number of hydrogen-bond acceptors (Lipinski definition) is 12. The van der Waals surface area contributed by atoms with Crippen LogP contribution in [0.25, 0.3) is 0 Å². The Hall–Kier alpha value is -3.33. The molecule has 63 heavy (non-hydrogen) atoms. The Morgan fingerprint density at radius 2 is 1.56 bits per heavy atom. The third-order valence-electron chi connectivity index (χ3n) is 14.1. The molecule has 0 aromatic carbocycles. The standard InChI is InChI=1S/C50H77NO12/c1-30-15-11-10-12-16-31(2)42(60-8)28-39-23-18-36(7)50(59,63-39)47(56)48(57)51-24-14-13-17-40(51)49(58)62-43(33(4)27-37-19-21-38(52)22-20-37)29-41(53)32(3)26-35(6)45(55)46(61-9)44(54)34(5)25-30/h10-12,15-16,26,30,32-34,36-40,42-43,45-46,52,55,59H,13-14,17-25,27-29H2,1-9H3/b12-10+,15-11+,31-16+,35-26+/t30-,32-,33-,34-,36-,37-,38-,39+,40+,42+,43+,45?,46+,50-/m1/s1. The molecule has 3 fully saturated rings. The average Bonchev–Trinajstić information content (AvgIpc) is 3.26. The van der Waals surface area contributed by atoms with Gasteiger partial charge in [0, 0.05) is 51.4 Å². The van der Waals surface area contributed by atoms with E-state index in [4.69, 9.17) is 18.9 Å². The number of rotatable bonds is 5. The first-order chi connectivity index (χ1) is 29.8. The summed E-state index contributed by atoms with van der Waals surface area (Å²) >= 11 is 0. The number of carbonyl (C=O) groups is 5. The fourth-order valence-electron chi connectivity index (χ4n) is 9.83. The molecule has 0 aromatic rings. The largest absolute Gasteiger partial charge is 0.460 e. The van der Waals surface area contributed by atoms with Crippen LogP contribution in [0.4, 0.5) is 0 Å². The molecule has 1 unspecified atom stereocenters. The van der Waals surface area contributed by atoms with Crippen molar-refractivity contribution in [2.75, 3.05) is 20.8 Å². The first-order valence-corrected chi connectivity index (χ1v) is 23.4. The van der Waals surface area contributed by atoms with Gasteiger partial charge < -0.3 is 39.2 Å². The highest BCUT2D eigenvalue weighted by atomic mass is 16.6. The molecule has 354 valence electrons. The van der Waals surface area contributed by atoms with Crippen LogP contribution in [0.1, 0.15) is 132 Å². The molecular formula is C50H77NO12. The van der Waals surface area contributed by atoms with E-state index in [1.165, 1.54) is 12.0 Å². The van der Waals surface area contributed by atoms with Crippen molar-refractivity contribution in [1.82, 2.24) is 4.90 Å². The number of aliphatic hydroxyl groups is 3. The zero-order valence-corrected chi connectivity index (χ0v) is 39.3. The molecule has 13 heteroatoms. The molecule has 4 aliphatic rings. The fourth-order valence-corrected chi connectivity index (χ4v) is 9.83. The second kappa shape index (κ2) is 24.3. The molecule has 0 spiro atoms. The quantitative estimate of drug-likeness (QED) is 0.154. The highest BCUT2D eigenvalue weighted by Crippen LogP contribution is 2.37. The van der Waals surface area contributed by atoms with Crippen LogP contribution in [-0.4, -0.2) is 119 Å². The number of piperidine rings is 1. The van der Waals surface area contributed by atoms with E-state index < -0.39 is 77.8 Å². The number of hydrogen-bond donors (Lipinski definition) is 3. The van der Waals surface area contributed by atoms with Gasteiger partial charge in [0.25, 0.3) is 11.7 Å². The molecular weight excluding hydrogens is 807 g/mol. The predicted molar refractivity (Wildman–Crippen MR) is 239 cm³/mol. The van der Waals surface area contributed by atoms with E-state index >= 15 is 0 Å². The Labute approximate surface area is 375 Å². The lowest BCUT2D eigenvalue weighted by Crippen LogP contribution is -2.61. The van der Waals surface area contributed by atoms with Gasteiger partial charge in [0.05, 0.1) is 18.3 Å². The number of aliphatic hydroxyl groups excluding tert-OH is 2. The first kappa shape index (κ1) is 52.3. The number of fused-ring (bicyclic) bond motifs is 3. The van der Waals surface area contributed by atoms with Crippen molar-refractivity contribution in [2.45, 2.75) is 180 Å². The van der Waals surface area contributed by atoms with Gasteiger partial charge in [-0.3, -0.25) is 19.2 Å². The molecule has 2 bridgehead atoms. The summed E-state index contributed by atoms with van der Waals surface area (Å²) in [6.45, 7) is 12.8. The van der Waals surface area contributed by atoms with E-state index in [0.29, 0.717) is 63.4 Å². The van der Waals surface area contributed by atoms with Gasteiger partial charge in [0.15, 0.2) is 5.78 Å². The first-order valence-electron chi connectivity index (χ1n) is 23.4. The minimum Gasteiger partial charge on any atom is -0.460 e. The van der Waals surface area contributed by atoms with Crippen LogP contribution >= 0.6 is 0 Å². The topological polar surface area (TPSA) is 186 Å². The van der Waals surface area contributed by atoms with E-state index in [1.807, 2.05) is 58.1 Å². The second-order valence-electron chi connectivity index (χ2n) is 19.2. The predicted octanol–water partition coefficient (Wildman–Crippen LogP) is 6.56. The van der Waals surface area contributed by atoms with Gasteiger partial charge in [-0.1, -0.05) is 71.1 Å². The number of esters is 1. The molecule has 2 saturated heterocycles. The molecule has 3 N–H and O–H groups in total. The smallest absolute Gasteiger partial charge is 0.329 e. The number of carbonyl (C=O) groups excluding carboxylic acids is 5. The summed E-state index contributed by atoms with van der Waals surface area (Å²) in [7, 11) is 2.96. The molecule has 1 saturated carbocycles. The maximum Gasteiger partial charge on any atom is 0.329 e. The van der Waals surface area contributed by atoms with Crippen LogP contribution < -0.4 is 0 Å². The number of Topliss-reactive ketones (excluding diaryl/α,β-unsaturated/α-hetero) is 3. The Morgan fingerprint density at radius 1 is 0.857 bits per heavy atom. The highest BCUT2D eigenvalue weighted by Gasteiger charge is 2.53. The van der Waals surface area contributed by atoms with Crippen molar-refractivity contribution in [3.63, 3.8) is 0 Å². The van der Waals surface area contributed by atoms with Gasteiger partial charge in [0.2, 0.25) is 5.79 Å². The monoisotopic (exact) mass is 884 g/mol. The van der Waals surface area contributed by atoms with Gasteiger partial charge >= 0.3 is 5.97 Å². The van der Waals surface area contributed by atoms with Crippen LogP contribution in [-0.2, 0) is 42.9 Å². The van der Waals surface area contributed by atoms with Gasteiger partial charge in [0.1, 0.15) is 30.1 Å². The minimum atomic E-state index is -2.41. The van der Waals surface area contributed by atoms with Crippen LogP contribution in [0, 0.1) is 35.5 Å². The van der Waals surface area contributed by atoms with Gasteiger partial charge in [-0.15, -0.1) is 0 Å². The minimum absolute atomic E-state index is 0.0273. The van der Waals surface area contributed by atoms with Gasteiger partial charge in [-0.25, -0.2) is 4.79 Å². The summed E-state index contributed by atoms with van der Waals surface area (Å²) in [6.07, 6.45) is 13.2. The summed E-state index contributed by atoms with van der Waals surface area (Å²) < 4.78 is 23.8. The van der Waals surface area contributed by atoms with Crippen LogP contribution in [0.3, 0.4) is 0 Å². The summed E-state index contributed by atoms with van der Waals surface area (Å²) in [5.74, 6) is -7.60. The third-order valence-corrected chi connectivity index (χ3v) is 14.1. The molecule has 3 heterocycles. The SMILES string of the molecule is CO[C@H]1C[C@@H]2CC[C@@H](C)[C@@](O)(O2)C(=O)C(=O)N2CCCC[C@H]2C(=O)O[C@H]([C@H](C)C[C@H]2CC[C@H](O)CC2)CC(=O)[C@H](C)/C=C(\C)C(O)[C@@H](OC)C(=O)[C@H](C)C[C@H](C)/C=C/C=C/C=C/1C. The van der Waals surface area contributed by atoms with Crippen molar-refractivity contribution < 1.29 is 58.2 Å². The fraction of sp³-hybridized carbons (Fsp3) is 0.740. The summed E-state index contributed by atoms with van der Waals surface area (Å²) in [6, 6.07) is -1.11. The Bertz CT molecular complexity index is 1690. The Balaban J connectivity index is 1.69. The van der Waals surface area contributed by atoms with Crippen LogP contribution in [0.2, 0.25) is 0 Å². The number of ketones is 3. The Kier molecular flexibility index (Phi) is 20.1. The molecule has 1 aliphatic carbocycles. The van der Waals surface area contributed by atoms with E-state index in [1.54, 1.807) is 34.0 Å². The molecule has 12 atom stereocenters. The highest BCUT2D eigenvalue weighted by molar-refractivity contribution is 6.39. The van der Waals surface area contributed by atoms with Crippen LogP contribution in [0.5, 0.6) is 0 Å². The zero-order chi connectivity index (χ0) is 46.6. The second-order valence-corrected chi connectivity index (χ2v) is 19.2. The third kappa shape index (κ3) is 14.1. The number of ether oxygens (including phenoxy) is 4. The molecule has 13 nitrogen and oxygen atoms in total. The molecule has 4 rings (SSSR count). The maximum atomic E-state index is 14.3. The van der Waals surface area contributed by atoms with Crippen LogP contribution in [0.15, 0.2) is 47.6 Å². The summed E-state index contributed by atoms with van der Waals surface area (Å²) in [4.78, 5) is 71.5. The number of cyclic esters (lactones) is 1. The van der Waals surface area contributed by atoms with E-state index in [0.717, 1.165) is 18.4 Å². The van der Waals surface area contributed by atoms with Crippen molar-refractivity contribution >= 4 is 29.2 Å². The molecule has 0 radical (unpaired) electrons. The van der Waals surface area contributed by atoms with E-state index in [9.17, 15) is 39.3 Å². The number of allylic oxidation sites excluding steroid dienone is 6. The van der Waals surface area contributed by atoms with E-state index in [-0.39, 0.29) is 54.8 Å². The van der Waals surface area contributed by atoms with Crippen molar-refractivity contribution in [3.05, 3.63) is 47.6 Å². The number of amides is 1. The zero-order valence-electron chi connectivity index (χ0n) is 39.3. The summed E-state index contributed by atoms with van der Waals surface area (Å²) in [5, 5.41) is 33.4. The lowest BCUT2D eigenvalue weighted by Gasteiger charge is -2.42. The van der Waals surface area contributed by atoms with Crippen molar-refractivity contribution in [2.24, 2.45) is 35.5 Å². The van der Waals surface area contributed by atoms with Crippen molar-refractivity contribution in [1.29, 1.82) is 0 Å². The Morgan fingerprint density at radius 3 is 2.22 bits per heavy atom. The van der Waals surface area contributed by atoms with Gasteiger partial charge in [-0.2, -0.15) is 0 Å². The number of nitrogens with zero attached hydrogens (tertiary/aromatic N) is 1. The normalized spacial score (nSPS) is 40.1.